The fraction of sp³-hybridized carbons (Fsp3) is 0.903. The van der Waals surface area contributed by atoms with Crippen molar-refractivity contribution < 1.29 is 14.6 Å². The van der Waals surface area contributed by atoms with Crippen molar-refractivity contribution in [3.63, 3.8) is 0 Å². The molecular weight excluding hydrogens is 532 g/mol. The second-order valence-corrected chi connectivity index (χ2v) is 14.9. The van der Waals surface area contributed by atoms with Crippen LogP contribution >= 0.6 is 0 Å². The van der Waals surface area contributed by atoms with Crippen molar-refractivity contribution in [2.45, 2.75) is 128 Å². The Balaban J connectivity index is 2.10. The molecule has 11 heteroatoms. The summed E-state index contributed by atoms with van der Waals surface area (Å²) in [5.41, 5.74) is -0.118. The van der Waals surface area contributed by atoms with E-state index in [1.807, 2.05) is 0 Å². The van der Waals surface area contributed by atoms with Crippen molar-refractivity contribution in [1.29, 1.82) is 0 Å². The number of aliphatic hydroxyl groups is 1. The molecule has 0 unspecified atom stereocenters. The number of nitrogens with one attached hydrogen (secondary N) is 3. The van der Waals surface area contributed by atoms with Crippen molar-refractivity contribution >= 4 is 17.8 Å². The molecule has 0 radical (unpaired) electrons. The molecule has 2 aliphatic heterocycles. The van der Waals surface area contributed by atoms with Crippen molar-refractivity contribution in [3.8, 4) is 0 Å². The molecule has 2 fully saturated rings. The van der Waals surface area contributed by atoms with E-state index < -0.39 is 0 Å². The number of anilines is 3. The van der Waals surface area contributed by atoms with E-state index in [0.717, 1.165) is 51.6 Å². The van der Waals surface area contributed by atoms with E-state index in [0.29, 0.717) is 37.6 Å². The first-order valence-electron chi connectivity index (χ1n) is 15.8. The van der Waals surface area contributed by atoms with E-state index in [-0.39, 0.29) is 40.8 Å². The summed E-state index contributed by atoms with van der Waals surface area (Å²) in [7, 11) is 3.50. The number of ether oxygens (including phenoxy) is 2. The molecule has 2 saturated heterocycles. The highest BCUT2D eigenvalue weighted by atomic mass is 16.5. The zero-order chi connectivity index (χ0) is 31.2. The molecule has 42 heavy (non-hydrogen) atoms. The zero-order valence-electron chi connectivity index (χ0n) is 28.1. The number of aromatic nitrogens is 3. The number of methoxy groups -OCH3 is 2. The maximum Gasteiger partial charge on any atom is 0.232 e. The molecule has 4 N–H and O–H groups in total. The largest absolute Gasteiger partial charge is 0.395 e. The third-order valence-corrected chi connectivity index (χ3v) is 8.23. The van der Waals surface area contributed by atoms with Crippen LogP contribution in [0.1, 0.15) is 93.9 Å². The summed E-state index contributed by atoms with van der Waals surface area (Å²) in [4.78, 5) is 19.9. The predicted molar refractivity (Wildman–Crippen MR) is 172 cm³/mol. The van der Waals surface area contributed by atoms with Crippen molar-refractivity contribution in [2.24, 2.45) is 0 Å². The summed E-state index contributed by atoms with van der Waals surface area (Å²) in [6.07, 6.45) is 5.62. The highest BCUT2D eigenvalue weighted by molar-refractivity contribution is 5.47. The molecule has 1 aromatic heterocycles. The molecule has 11 nitrogen and oxygen atoms in total. The molecule has 0 atom stereocenters. The van der Waals surface area contributed by atoms with Crippen molar-refractivity contribution in [2.75, 3.05) is 68.8 Å². The molecule has 3 rings (SSSR count). The Labute approximate surface area is 254 Å². The molecule has 242 valence electrons. The van der Waals surface area contributed by atoms with Gasteiger partial charge in [-0.15, -0.1) is 0 Å². The standard InChI is InChI=1S/C31H60N8O3/c1-28(2)19-23(20-29(3,4)36-28)38(14-11-17-41-9)26-33-25(32-13-16-40)34-27(35-26)39(15-12-18-42-10)24-21-30(5,6)37-31(7,8)22-24/h23-24,36-37,40H,11-22H2,1-10H3,(H,32,33,34,35). The van der Waals surface area contributed by atoms with Gasteiger partial charge in [-0.25, -0.2) is 0 Å². The van der Waals surface area contributed by atoms with Gasteiger partial charge in [0.25, 0.3) is 0 Å². The van der Waals surface area contributed by atoms with Gasteiger partial charge < -0.3 is 40.3 Å². The third kappa shape index (κ3) is 10.1. The Bertz CT molecular complexity index is 885. The molecule has 0 aliphatic carbocycles. The number of rotatable bonds is 15. The first-order chi connectivity index (χ1) is 19.6. The number of nitrogens with zero attached hydrogens (tertiary/aromatic N) is 5. The van der Waals surface area contributed by atoms with Gasteiger partial charge in [0.1, 0.15) is 0 Å². The Morgan fingerprint density at radius 1 is 0.714 bits per heavy atom. The van der Waals surface area contributed by atoms with E-state index in [1.54, 1.807) is 14.2 Å². The number of hydrogen-bond donors (Lipinski definition) is 4. The van der Waals surface area contributed by atoms with Crippen LogP contribution in [0.3, 0.4) is 0 Å². The topological polar surface area (TPSA) is 120 Å². The maximum absolute atomic E-state index is 9.61. The molecule has 1 aromatic rings. The van der Waals surface area contributed by atoms with Gasteiger partial charge in [-0.2, -0.15) is 15.0 Å². The van der Waals surface area contributed by atoms with Crippen LogP contribution in [0.2, 0.25) is 0 Å². The van der Waals surface area contributed by atoms with Crippen LogP contribution in [0, 0.1) is 0 Å². The maximum atomic E-state index is 9.61. The highest BCUT2D eigenvalue weighted by Gasteiger charge is 2.42. The average molecular weight is 593 g/mol. The lowest BCUT2D eigenvalue weighted by atomic mass is 9.79. The average Bonchev–Trinajstić information content (AvgIpc) is 2.84. The Hall–Kier alpha value is -1.79. The van der Waals surface area contributed by atoms with Gasteiger partial charge in [0.2, 0.25) is 17.8 Å². The molecule has 3 heterocycles. The lowest BCUT2D eigenvalue weighted by molar-refractivity contribution is 0.154. The van der Waals surface area contributed by atoms with Gasteiger partial charge in [0, 0.05) is 81.3 Å². The van der Waals surface area contributed by atoms with Crippen LogP contribution < -0.4 is 25.8 Å². The van der Waals surface area contributed by atoms with Crippen LogP contribution in [0.4, 0.5) is 17.8 Å². The van der Waals surface area contributed by atoms with Crippen LogP contribution in [-0.4, -0.2) is 108 Å². The summed E-state index contributed by atoms with van der Waals surface area (Å²) < 4.78 is 10.9. The Morgan fingerprint density at radius 2 is 1.10 bits per heavy atom. The number of piperidine rings is 2. The van der Waals surface area contributed by atoms with Crippen LogP contribution in [0.15, 0.2) is 0 Å². The fourth-order valence-electron chi connectivity index (χ4n) is 7.49. The first kappa shape index (κ1) is 34.7. The highest BCUT2D eigenvalue weighted by Crippen LogP contribution is 2.36. The zero-order valence-corrected chi connectivity index (χ0v) is 28.1. The van der Waals surface area contributed by atoms with Gasteiger partial charge in [-0.1, -0.05) is 0 Å². The van der Waals surface area contributed by atoms with Crippen LogP contribution in [0.5, 0.6) is 0 Å². The molecule has 2 aliphatic rings. The number of aliphatic hydroxyl groups excluding tert-OH is 1. The van der Waals surface area contributed by atoms with Gasteiger partial charge in [0.05, 0.1) is 6.61 Å². The smallest absolute Gasteiger partial charge is 0.232 e. The molecule has 0 aromatic carbocycles. The first-order valence-corrected chi connectivity index (χ1v) is 15.8. The van der Waals surface area contributed by atoms with Gasteiger partial charge >= 0.3 is 0 Å². The summed E-state index contributed by atoms with van der Waals surface area (Å²) in [6.45, 7) is 21.5. The van der Waals surface area contributed by atoms with E-state index >= 15 is 0 Å². The second kappa shape index (κ2) is 14.3. The van der Waals surface area contributed by atoms with Gasteiger partial charge in [-0.05, 0) is 93.9 Å². The molecule has 0 saturated carbocycles. The van der Waals surface area contributed by atoms with E-state index in [4.69, 9.17) is 24.4 Å². The second-order valence-electron chi connectivity index (χ2n) is 14.9. The molecule has 0 bridgehead atoms. The van der Waals surface area contributed by atoms with Gasteiger partial charge in [-0.3, -0.25) is 0 Å². The summed E-state index contributed by atoms with van der Waals surface area (Å²) >= 11 is 0. The summed E-state index contributed by atoms with van der Waals surface area (Å²) in [6, 6.07) is 0.487. The summed E-state index contributed by atoms with van der Waals surface area (Å²) in [5.74, 6) is 1.86. The Kier molecular flexibility index (Phi) is 11.8. The van der Waals surface area contributed by atoms with Crippen LogP contribution in [-0.2, 0) is 9.47 Å². The van der Waals surface area contributed by atoms with E-state index in [2.05, 4.69) is 81.1 Å². The Morgan fingerprint density at radius 3 is 1.43 bits per heavy atom. The lowest BCUT2D eigenvalue weighted by Gasteiger charge is -2.50. The monoisotopic (exact) mass is 592 g/mol. The third-order valence-electron chi connectivity index (χ3n) is 8.23. The molecule has 0 amide bonds. The minimum absolute atomic E-state index is 0.00119. The van der Waals surface area contributed by atoms with Gasteiger partial charge in [0.15, 0.2) is 0 Å². The van der Waals surface area contributed by atoms with Crippen molar-refractivity contribution in [3.05, 3.63) is 0 Å². The quantitative estimate of drug-likeness (QED) is 0.224. The fourth-order valence-corrected chi connectivity index (χ4v) is 7.49. The minimum atomic E-state index is -0.0296. The van der Waals surface area contributed by atoms with Crippen molar-refractivity contribution in [1.82, 2.24) is 25.6 Å². The van der Waals surface area contributed by atoms with Crippen LogP contribution in [0.25, 0.3) is 0 Å². The molecular formula is C31H60N8O3. The predicted octanol–water partition coefficient (Wildman–Crippen LogP) is 3.58. The SMILES string of the molecule is COCCCN(c1nc(NCCO)nc(N(CCCOC)C2CC(C)(C)NC(C)(C)C2)n1)C1CC(C)(C)NC(C)(C)C1. The number of hydrogen-bond acceptors (Lipinski definition) is 11. The molecule has 0 spiro atoms. The van der Waals surface area contributed by atoms with E-state index in [1.165, 1.54) is 0 Å². The summed E-state index contributed by atoms with van der Waals surface area (Å²) in [5, 5.41) is 20.5. The minimum Gasteiger partial charge on any atom is -0.395 e. The van der Waals surface area contributed by atoms with E-state index in [9.17, 15) is 5.11 Å². The lowest BCUT2D eigenvalue weighted by Crippen LogP contribution is -2.63. The normalized spacial score (nSPS) is 21.7.